The number of nitrogens with one attached hydrogen (secondary N) is 1. The first-order valence-electron chi connectivity index (χ1n) is 5.78. The number of carbonyl (C=O) groups is 1. The second-order valence-electron chi connectivity index (χ2n) is 3.72. The monoisotopic (exact) mass is 266 g/mol. The fourth-order valence-electron chi connectivity index (χ4n) is 1.27. The normalized spacial score (nSPS) is 12.5. The van der Waals surface area contributed by atoms with Gasteiger partial charge in [-0.25, -0.2) is 0 Å². The van der Waals surface area contributed by atoms with Crippen LogP contribution in [0.5, 0.6) is 0 Å². The van der Waals surface area contributed by atoms with Crippen LogP contribution in [0.15, 0.2) is 30.3 Å². The standard InChI is InChI=1S/C13H18N2O2S/c1-2-18(17)10-9-15-13(16)8-5-11-3-6-12(14)7-4-11/h3-8H,2,9-10,14H2,1H3,(H,15,16)/b8-5+. The van der Waals surface area contributed by atoms with Gasteiger partial charge < -0.3 is 11.1 Å². The summed E-state index contributed by atoms with van der Waals surface area (Å²) in [6.07, 6.45) is 3.17. The van der Waals surface area contributed by atoms with Gasteiger partial charge in [0.1, 0.15) is 0 Å². The van der Waals surface area contributed by atoms with E-state index < -0.39 is 10.8 Å². The number of rotatable bonds is 6. The number of carbonyl (C=O) groups excluding carboxylic acids is 1. The van der Waals surface area contributed by atoms with Crippen LogP contribution in [0.2, 0.25) is 0 Å². The first-order valence-corrected chi connectivity index (χ1v) is 7.27. The summed E-state index contributed by atoms with van der Waals surface area (Å²) in [5.41, 5.74) is 7.16. The summed E-state index contributed by atoms with van der Waals surface area (Å²) in [6.45, 7) is 2.30. The van der Waals surface area contributed by atoms with Gasteiger partial charge in [-0.15, -0.1) is 0 Å². The molecule has 1 unspecified atom stereocenters. The molecule has 0 radical (unpaired) electrons. The van der Waals surface area contributed by atoms with Crippen LogP contribution in [0, 0.1) is 0 Å². The summed E-state index contributed by atoms with van der Waals surface area (Å²) in [4.78, 5) is 11.4. The third-order valence-corrected chi connectivity index (χ3v) is 3.62. The third kappa shape index (κ3) is 5.63. The molecule has 0 aliphatic rings. The zero-order chi connectivity index (χ0) is 13.4. The van der Waals surface area contributed by atoms with Crippen molar-refractivity contribution in [1.82, 2.24) is 5.32 Å². The zero-order valence-electron chi connectivity index (χ0n) is 10.4. The van der Waals surface area contributed by atoms with Crippen molar-refractivity contribution in [3.8, 4) is 0 Å². The second-order valence-corrected chi connectivity index (χ2v) is 5.59. The van der Waals surface area contributed by atoms with Crippen LogP contribution in [-0.4, -0.2) is 28.2 Å². The van der Waals surface area contributed by atoms with Crippen LogP contribution in [0.3, 0.4) is 0 Å². The summed E-state index contributed by atoms with van der Waals surface area (Å²) in [7, 11) is -0.839. The number of amides is 1. The Hall–Kier alpha value is -1.62. The molecule has 0 saturated heterocycles. The molecule has 1 aromatic carbocycles. The first-order chi connectivity index (χ1) is 8.61. The SMILES string of the molecule is CCS(=O)CCNC(=O)/C=C/c1ccc(N)cc1. The Morgan fingerprint density at radius 1 is 1.39 bits per heavy atom. The molecular formula is C13H18N2O2S. The Labute approximate surface area is 110 Å². The predicted molar refractivity (Wildman–Crippen MR) is 76.4 cm³/mol. The van der Waals surface area contributed by atoms with Crippen molar-refractivity contribution in [2.24, 2.45) is 0 Å². The van der Waals surface area contributed by atoms with Crippen LogP contribution >= 0.6 is 0 Å². The number of nitrogen functional groups attached to an aromatic ring is 1. The van der Waals surface area contributed by atoms with Gasteiger partial charge in [0, 0.05) is 40.6 Å². The average Bonchev–Trinajstić information content (AvgIpc) is 2.38. The van der Waals surface area contributed by atoms with Gasteiger partial charge >= 0.3 is 0 Å². The minimum Gasteiger partial charge on any atom is -0.399 e. The lowest BCUT2D eigenvalue weighted by molar-refractivity contribution is -0.116. The van der Waals surface area contributed by atoms with Crippen LogP contribution in [0.25, 0.3) is 6.08 Å². The molecule has 1 amide bonds. The maximum Gasteiger partial charge on any atom is 0.244 e. The predicted octanol–water partition coefficient (Wildman–Crippen LogP) is 1.17. The molecule has 3 N–H and O–H groups in total. The van der Waals surface area contributed by atoms with Gasteiger partial charge in [0.05, 0.1) is 0 Å². The molecule has 4 nitrogen and oxygen atoms in total. The van der Waals surface area contributed by atoms with Gasteiger partial charge in [0.15, 0.2) is 0 Å². The van der Waals surface area contributed by atoms with Crippen LogP contribution in [0.4, 0.5) is 5.69 Å². The lowest BCUT2D eigenvalue weighted by atomic mass is 10.2. The Balaban J connectivity index is 2.35. The van der Waals surface area contributed by atoms with Crippen molar-refractivity contribution in [1.29, 1.82) is 0 Å². The quantitative estimate of drug-likeness (QED) is 0.599. The van der Waals surface area contributed by atoms with E-state index in [0.29, 0.717) is 23.7 Å². The van der Waals surface area contributed by atoms with Crippen molar-refractivity contribution in [2.75, 3.05) is 23.8 Å². The Bertz CT molecular complexity index is 441. The topological polar surface area (TPSA) is 72.2 Å². The lowest BCUT2D eigenvalue weighted by Crippen LogP contribution is -2.26. The van der Waals surface area contributed by atoms with Crippen molar-refractivity contribution in [2.45, 2.75) is 6.92 Å². The summed E-state index contributed by atoms with van der Waals surface area (Å²) in [6, 6.07) is 7.24. The third-order valence-electron chi connectivity index (χ3n) is 2.31. The zero-order valence-corrected chi connectivity index (χ0v) is 11.2. The highest BCUT2D eigenvalue weighted by Gasteiger charge is 1.98. The molecule has 0 heterocycles. The minimum atomic E-state index is -0.839. The van der Waals surface area contributed by atoms with Gasteiger partial charge in [0.25, 0.3) is 0 Å². The maximum absolute atomic E-state index is 11.4. The number of benzene rings is 1. The van der Waals surface area contributed by atoms with E-state index >= 15 is 0 Å². The van der Waals surface area contributed by atoms with Crippen molar-refractivity contribution in [3.63, 3.8) is 0 Å². The molecule has 1 atom stereocenters. The highest BCUT2D eigenvalue weighted by molar-refractivity contribution is 7.84. The van der Waals surface area contributed by atoms with Crippen LogP contribution in [-0.2, 0) is 15.6 Å². The summed E-state index contributed by atoms with van der Waals surface area (Å²) in [5.74, 6) is 0.940. The fraction of sp³-hybridized carbons (Fsp3) is 0.308. The first kappa shape index (κ1) is 14.4. The van der Waals surface area contributed by atoms with Crippen molar-refractivity contribution >= 4 is 28.5 Å². The largest absolute Gasteiger partial charge is 0.399 e. The fourth-order valence-corrected chi connectivity index (χ4v) is 1.89. The molecule has 5 heteroatoms. The number of hydrogen-bond donors (Lipinski definition) is 2. The summed E-state index contributed by atoms with van der Waals surface area (Å²) >= 11 is 0. The lowest BCUT2D eigenvalue weighted by Gasteiger charge is -2.01. The van der Waals surface area contributed by atoms with E-state index in [1.165, 1.54) is 6.08 Å². The molecule has 0 saturated carbocycles. The van der Waals surface area contributed by atoms with Gasteiger partial charge in [-0.2, -0.15) is 0 Å². The Morgan fingerprint density at radius 3 is 2.67 bits per heavy atom. The molecule has 0 bridgehead atoms. The second kappa shape index (κ2) is 7.66. The van der Waals surface area contributed by atoms with Gasteiger partial charge in [-0.3, -0.25) is 9.00 Å². The van der Waals surface area contributed by atoms with E-state index in [2.05, 4.69) is 5.32 Å². The summed E-state index contributed by atoms with van der Waals surface area (Å²) < 4.78 is 11.1. The van der Waals surface area contributed by atoms with Crippen molar-refractivity contribution < 1.29 is 9.00 Å². The number of nitrogens with two attached hydrogens (primary N) is 1. The van der Waals surface area contributed by atoms with Crippen LogP contribution < -0.4 is 11.1 Å². The molecule has 18 heavy (non-hydrogen) atoms. The van der Waals surface area contributed by atoms with E-state index in [9.17, 15) is 9.00 Å². The molecule has 0 aliphatic carbocycles. The Kier molecular flexibility index (Phi) is 6.14. The minimum absolute atomic E-state index is 0.181. The van der Waals surface area contributed by atoms with Gasteiger partial charge in [-0.1, -0.05) is 19.1 Å². The molecule has 0 aromatic heterocycles. The molecular weight excluding hydrogens is 248 g/mol. The summed E-state index contributed by atoms with van der Waals surface area (Å²) in [5, 5.41) is 2.69. The molecule has 1 rings (SSSR count). The average molecular weight is 266 g/mol. The number of anilines is 1. The van der Waals surface area contributed by atoms with Crippen molar-refractivity contribution in [3.05, 3.63) is 35.9 Å². The smallest absolute Gasteiger partial charge is 0.244 e. The van der Waals surface area contributed by atoms with E-state index in [0.717, 1.165) is 5.56 Å². The van der Waals surface area contributed by atoms with Gasteiger partial charge in [0.2, 0.25) is 5.91 Å². The molecule has 0 fully saturated rings. The molecule has 98 valence electrons. The van der Waals surface area contributed by atoms with Gasteiger partial charge in [-0.05, 0) is 23.8 Å². The van der Waals surface area contributed by atoms with Crippen LogP contribution in [0.1, 0.15) is 12.5 Å². The molecule has 0 spiro atoms. The maximum atomic E-state index is 11.4. The number of hydrogen-bond acceptors (Lipinski definition) is 3. The van der Waals surface area contributed by atoms with E-state index in [4.69, 9.17) is 5.73 Å². The van der Waals surface area contributed by atoms with E-state index in [-0.39, 0.29) is 5.91 Å². The molecule has 0 aliphatic heterocycles. The highest BCUT2D eigenvalue weighted by Crippen LogP contribution is 2.06. The highest BCUT2D eigenvalue weighted by atomic mass is 32.2. The van der Waals surface area contributed by atoms with E-state index in [1.807, 2.05) is 19.1 Å². The molecule has 1 aromatic rings. The van der Waals surface area contributed by atoms with E-state index in [1.54, 1.807) is 18.2 Å². The Morgan fingerprint density at radius 2 is 2.06 bits per heavy atom.